The summed E-state index contributed by atoms with van der Waals surface area (Å²) < 4.78 is 27.3. The van der Waals surface area contributed by atoms with Crippen molar-refractivity contribution < 1.29 is 13.2 Å². The second kappa shape index (κ2) is 8.39. The first-order chi connectivity index (χ1) is 13.2. The van der Waals surface area contributed by atoms with E-state index in [4.69, 9.17) is 23.2 Å². The minimum absolute atomic E-state index is 0.0504. The molecule has 9 heteroatoms. The first kappa shape index (κ1) is 21.1. The van der Waals surface area contributed by atoms with Crippen LogP contribution in [0.25, 0.3) is 0 Å². The number of benzene rings is 2. The molecule has 0 saturated carbocycles. The normalized spacial score (nSPS) is 16.1. The highest BCUT2D eigenvalue weighted by Crippen LogP contribution is 2.27. The summed E-state index contributed by atoms with van der Waals surface area (Å²) in [7, 11) is -1.75. The molecule has 1 heterocycles. The maximum absolute atomic E-state index is 13.0. The summed E-state index contributed by atoms with van der Waals surface area (Å²) in [6.45, 7) is 3.92. The van der Waals surface area contributed by atoms with Crippen LogP contribution in [0.2, 0.25) is 10.0 Å². The molecule has 1 saturated heterocycles. The predicted molar refractivity (Wildman–Crippen MR) is 112 cm³/mol. The summed E-state index contributed by atoms with van der Waals surface area (Å²) in [5.41, 5.74) is 1.35. The molecule has 1 fully saturated rings. The number of halogens is 2. The standard InChI is InChI=1S/C19H21Cl2N3O3S/c1-13-16(20)4-3-5-18(13)22-19(25)15-12-14(6-7-17(15)21)28(26,27)24-10-8-23(2)9-11-24/h3-7,12H,8-11H2,1-2H3,(H,22,25). The molecule has 2 aromatic rings. The number of rotatable bonds is 4. The largest absolute Gasteiger partial charge is 0.322 e. The number of piperazine rings is 1. The fraction of sp³-hybridized carbons (Fsp3) is 0.316. The summed E-state index contributed by atoms with van der Waals surface area (Å²) >= 11 is 12.3. The van der Waals surface area contributed by atoms with Gasteiger partial charge in [-0.1, -0.05) is 29.3 Å². The minimum atomic E-state index is -3.70. The second-order valence-electron chi connectivity index (χ2n) is 6.72. The van der Waals surface area contributed by atoms with Gasteiger partial charge in [-0.25, -0.2) is 8.42 Å². The predicted octanol–water partition coefficient (Wildman–Crippen LogP) is 3.49. The molecule has 1 aliphatic rings. The highest BCUT2D eigenvalue weighted by atomic mass is 35.5. The molecule has 6 nitrogen and oxygen atoms in total. The number of hydrogen-bond acceptors (Lipinski definition) is 4. The van der Waals surface area contributed by atoms with Gasteiger partial charge in [-0.15, -0.1) is 0 Å². The Labute approximate surface area is 175 Å². The van der Waals surface area contributed by atoms with Crippen molar-refractivity contribution in [3.8, 4) is 0 Å². The summed E-state index contributed by atoms with van der Waals surface area (Å²) in [6.07, 6.45) is 0. The Kier molecular flexibility index (Phi) is 6.31. The average Bonchev–Trinajstić information content (AvgIpc) is 2.66. The summed E-state index contributed by atoms with van der Waals surface area (Å²) in [5.74, 6) is -0.495. The van der Waals surface area contributed by atoms with E-state index >= 15 is 0 Å². The number of amides is 1. The van der Waals surface area contributed by atoms with Gasteiger partial charge in [-0.3, -0.25) is 4.79 Å². The van der Waals surface area contributed by atoms with E-state index in [1.165, 1.54) is 22.5 Å². The molecule has 28 heavy (non-hydrogen) atoms. The van der Waals surface area contributed by atoms with Crippen LogP contribution in [0.3, 0.4) is 0 Å². The molecule has 0 spiro atoms. The lowest BCUT2D eigenvalue weighted by molar-refractivity contribution is 0.102. The van der Waals surface area contributed by atoms with E-state index < -0.39 is 15.9 Å². The molecule has 0 radical (unpaired) electrons. The van der Waals surface area contributed by atoms with Crippen molar-refractivity contribution in [1.29, 1.82) is 0 Å². The number of nitrogens with zero attached hydrogens (tertiary/aromatic N) is 2. The lowest BCUT2D eigenvalue weighted by Crippen LogP contribution is -2.47. The molecule has 1 amide bonds. The Morgan fingerprint density at radius 3 is 2.39 bits per heavy atom. The Morgan fingerprint density at radius 2 is 1.71 bits per heavy atom. The minimum Gasteiger partial charge on any atom is -0.322 e. The van der Waals surface area contributed by atoms with Crippen LogP contribution >= 0.6 is 23.2 Å². The van der Waals surface area contributed by atoms with Crippen LogP contribution in [0.5, 0.6) is 0 Å². The second-order valence-corrected chi connectivity index (χ2v) is 9.47. The van der Waals surface area contributed by atoms with Crippen LogP contribution in [0.1, 0.15) is 15.9 Å². The van der Waals surface area contributed by atoms with Gasteiger partial charge >= 0.3 is 0 Å². The maximum Gasteiger partial charge on any atom is 0.257 e. The Morgan fingerprint density at radius 1 is 1.04 bits per heavy atom. The van der Waals surface area contributed by atoms with Gasteiger partial charge in [-0.05, 0) is 49.9 Å². The fourth-order valence-electron chi connectivity index (χ4n) is 2.95. The molecular formula is C19H21Cl2N3O3S. The van der Waals surface area contributed by atoms with Crippen molar-refractivity contribution in [3.63, 3.8) is 0 Å². The zero-order chi connectivity index (χ0) is 20.5. The molecule has 0 aliphatic carbocycles. The van der Waals surface area contributed by atoms with E-state index in [1.54, 1.807) is 25.1 Å². The van der Waals surface area contributed by atoms with Gasteiger partial charge in [0.15, 0.2) is 0 Å². The molecule has 3 rings (SSSR count). The van der Waals surface area contributed by atoms with E-state index in [9.17, 15) is 13.2 Å². The third-order valence-corrected chi connectivity index (χ3v) is 7.43. The molecule has 0 bridgehead atoms. The van der Waals surface area contributed by atoms with E-state index in [-0.39, 0.29) is 15.5 Å². The quantitative estimate of drug-likeness (QED) is 0.787. The van der Waals surface area contributed by atoms with E-state index in [0.717, 1.165) is 5.56 Å². The number of carbonyl (C=O) groups excluding carboxylic acids is 1. The van der Waals surface area contributed by atoms with E-state index in [1.807, 2.05) is 7.05 Å². The third kappa shape index (κ3) is 4.34. The Hall–Kier alpha value is -1.64. The highest BCUT2D eigenvalue weighted by Gasteiger charge is 2.28. The van der Waals surface area contributed by atoms with Gasteiger partial charge in [0, 0.05) is 36.9 Å². The molecule has 2 aromatic carbocycles. The SMILES string of the molecule is Cc1c(Cl)cccc1NC(=O)c1cc(S(=O)(=O)N2CCN(C)CC2)ccc1Cl. The molecular weight excluding hydrogens is 421 g/mol. The summed E-state index contributed by atoms with van der Waals surface area (Å²) in [4.78, 5) is 14.9. The van der Waals surface area contributed by atoms with Crippen molar-refractivity contribution in [2.45, 2.75) is 11.8 Å². The summed E-state index contributed by atoms with van der Waals surface area (Å²) in [6, 6.07) is 9.36. The van der Waals surface area contributed by atoms with Gasteiger partial charge in [0.2, 0.25) is 10.0 Å². The topological polar surface area (TPSA) is 69.7 Å². The number of carbonyl (C=O) groups is 1. The molecule has 0 aromatic heterocycles. The Balaban J connectivity index is 1.89. The van der Waals surface area contributed by atoms with Gasteiger partial charge in [0.25, 0.3) is 5.91 Å². The van der Waals surface area contributed by atoms with Crippen molar-refractivity contribution in [2.24, 2.45) is 0 Å². The zero-order valence-electron chi connectivity index (χ0n) is 15.6. The first-order valence-corrected chi connectivity index (χ1v) is 10.9. The van der Waals surface area contributed by atoms with Crippen LogP contribution in [-0.2, 0) is 10.0 Å². The van der Waals surface area contributed by atoms with Crippen LogP contribution < -0.4 is 5.32 Å². The lowest BCUT2D eigenvalue weighted by atomic mass is 10.1. The number of sulfonamides is 1. The van der Waals surface area contributed by atoms with Crippen LogP contribution in [0.15, 0.2) is 41.3 Å². The third-order valence-electron chi connectivity index (χ3n) is 4.80. The van der Waals surface area contributed by atoms with Crippen LogP contribution in [0, 0.1) is 6.92 Å². The number of anilines is 1. The van der Waals surface area contributed by atoms with E-state index in [2.05, 4.69) is 10.2 Å². The monoisotopic (exact) mass is 441 g/mol. The number of hydrogen-bond donors (Lipinski definition) is 1. The smallest absolute Gasteiger partial charge is 0.257 e. The first-order valence-electron chi connectivity index (χ1n) is 8.75. The van der Waals surface area contributed by atoms with Crippen molar-refractivity contribution in [2.75, 3.05) is 38.5 Å². The lowest BCUT2D eigenvalue weighted by Gasteiger charge is -2.31. The number of likely N-dealkylation sites (N-methyl/N-ethyl adjacent to an activating group) is 1. The summed E-state index contributed by atoms with van der Waals surface area (Å²) in [5, 5.41) is 3.45. The van der Waals surface area contributed by atoms with Crippen molar-refractivity contribution in [3.05, 3.63) is 57.6 Å². The molecule has 1 N–H and O–H groups in total. The van der Waals surface area contributed by atoms with Gasteiger partial charge < -0.3 is 10.2 Å². The van der Waals surface area contributed by atoms with Crippen LogP contribution in [-0.4, -0.2) is 56.8 Å². The maximum atomic E-state index is 13.0. The van der Waals surface area contributed by atoms with E-state index in [0.29, 0.717) is 36.9 Å². The van der Waals surface area contributed by atoms with Gasteiger partial charge in [0.1, 0.15) is 0 Å². The molecule has 150 valence electrons. The van der Waals surface area contributed by atoms with Crippen molar-refractivity contribution >= 4 is 44.8 Å². The molecule has 1 aliphatic heterocycles. The number of nitrogens with one attached hydrogen (secondary N) is 1. The van der Waals surface area contributed by atoms with Gasteiger partial charge in [-0.2, -0.15) is 4.31 Å². The van der Waals surface area contributed by atoms with Crippen molar-refractivity contribution in [1.82, 2.24) is 9.21 Å². The zero-order valence-corrected chi connectivity index (χ0v) is 17.9. The fourth-order valence-corrected chi connectivity index (χ4v) is 4.78. The van der Waals surface area contributed by atoms with Gasteiger partial charge in [0.05, 0.1) is 15.5 Å². The highest BCUT2D eigenvalue weighted by molar-refractivity contribution is 7.89. The van der Waals surface area contributed by atoms with Crippen LogP contribution in [0.4, 0.5) is 5.69 Å². The molecule has 0 atom stereocenters. The molecule has 0 unspecified atom stereocenters. The Bertz CT molecular complexity index is 1000. The average molecular weight is 442 g/mol.